The van der Waals surface area contributed by atoms with Gasteiger partial charge in [-0.2, -0.15) is 17.9 Å². The van der Waals surface area contributed by atoms with Crippen LogP contribution in [0.4, 0.5) is 24.9 Å². The van der Waals surface area contributed by atoms with Crippen LogP contribution in [-0.4, -0.2) is 51.4 Å². The minimum absolute atomic E-state index is 0.0163. The molecule has 7 nitrogen and oxygen atoms in total. The lowest BCUT2D eigenvalue weighted by Gasteiger charge is -2.35. The molecule has 0 aliphatic carbocycles. The average Bonchev–Trinajstić information content (AvgIpc) is 3.18. The van der Waals surface area contributed by atoms with Crippen molar-refractivity contribution < 1.29 is 13.2 Å². The lowest BCUT2D eigenvalue weighted by atomic mass is 10.2. The molecule has 0 bridgehead atoms. The molecule has 1 aliphatic heterocycles. The van der Waals surface area contributed by atoms with Crippen LogP contribution in [0.15, 0.2) is 42.6 Å². The zero-order chi connectivity index (χ0) is 19.7. The maximum Gasteiger partial charge on any atom is 0.417 e. The van der Waals surface area contributed by atoms with Gasteiger partial charge in [0.05, 0.1) is 16.3 Å². The van der Waals surface area contributed by atoms with E-state index < -0.39 is 11.7 Å². The summed E-state index contributed by atoms with van der Waals surface area (Å²) in [7, 11) is 0. The number of pyridine rings is 1. The van der Waals surface area contributed by atoms with Gasteiger partial charge in [0.1, 0.15) is 5.82 Å². The van der Waals surface area contributed by atoms with Gasteiger partial charge in [-0.25, -0.2) is 4.98 Å². The predicted molar refractivity (Wildman–Crippen MR) is 97.8 cm³/mol. The van der Waals surface area contributed by atoms with Crippen molar-refractivity contribution in [3.05, 3.63) is 53.2 Å². The van der Waals surface area contributed by atoms with E-state index in [0.717, 1.165) is 18.0 Å². The van der Waals surface area contributed by atoms with Gasteiger partial charge in [0, 0.05) is 32.4 Å². The standard InChI is InChI=1S/C17H15ClF3N7/c18-14-10-12(17(19,20)21)11-22-15(14)26-6-8-27(9-7-26)16-23-24-25-28(16)13-4-2-1-3-5-13/h1-5,10-11H,6-9H2. The minimum Gasteiger partial charge on any atom is -0.352 e. The number of hydrogen-bond donors (Lipinski definition) is 0. The summed E-state index contributed by atoms with van der Waals surface area (Å²) in [5.41, 5.74) is -0.0145. The largest absolute Gasteiger partial charge is 0.417 e. The summed E-state index contributed by atoms with van der Waals surface area (Å²) in [6.07, 6.45) is -3.66. The average molecular weight is 410 g/mol. The van der Waals surface area contributed by atoms with Crippen LogP contribution >= 0.6 is 11.6 Å². The van der Waals surface area contributed by atoms with E-state index in [4.69, 9.17) is 11.6 Å². The quantitative estimate of drug-likeness (QED) is 0.662. The van der Waals surface area contributed by atoms with E-state index in [1.165, 1.54) is 0 Å². The SMILES string of the molecule is FC(F)(F)c1cnc(N2CCN(c3nnnn3-c3ccccc3)CC2)c(Cl)c1. The van der Waals surface area contributed by atoms with Crippen molar-refractivity contribution in [2.24, 2.45) is 0 Å². The first-order valence-corrected chi connectivity index (χ1v) is 8.88. The van der Waals surface area contributed by atoms with E-state index in [1.807, 2.05) is 40.1 Å². The zero-order valence-corrected chi connectivity index (χ0v) is 15.3. The van der Waals surface area contributed by atoms with Crippen LogP contribution in [0.25, 0.3) is 5.69 Å². The van der Waals surface area contributed by atoms with Crippen LogP contribution in [0.1, 0.15) is 5.56 Å². The fourth-order valence-electron chi connectivity index (χ4n) is 3.05. The monoisotopic (exact) mass is 409 g/mol. The zero-order valence-electron chi connectivity index (χ0n) is 14.5. The van der Waals surface area contributed by atoms with Crippen molar-refractivity contribution >= 4 is 23.4 Å². The highest BCUT2D eigenvalue weighted by molar-refractivity contribution is 6.33. The molecule has 0 amide bonds. The van der Waals surface area contributed by atoms with Crippen molar-refractivity contribution in [2.45, 2.75) is 6.18 Å². The summed E-state index contributed by atoms with van der Waals surface area (Å²) in [4.78, 5) is 7.80. The molecule has 11 heteroatoms. The number of piperazine rings is 1. The van der Waals surface area contributed by atoms with Gasteiger partial charge in [0.2, 0.25) is 5.95 Å². The molecule has 0 saturated carbocycles. The Labute approximate surface area is 163 Å². The molecule has 3 aromatic rings. The van der Waals surface area contributed by atoms with Crippen molar-refractivity contribution in [3.8, 4) is 5.69 Å². The fraction of sp³-hybridized carbons (Fsp3) is 0.294. The Morgan fingerprint density at radius 3 is 2.29 bits per heavy atom. The maximum absolute atomic E-state index is 12.8. The lowest BCUT2D eigenvalue weighted by molar-refractivity contribution is -0.137. The minimum atomic E-state index is -4.47. The van der Waals surface area contributed by atoms with Crippen LogP contribution in [0.3, 0.4) is 0 Å². The van der Waals surface area contributed by atoms with Crippen LogP contribution in [0.2, 0.25) is 5.02 Å². The second-order valence-electron chi connectivity index (χ2n) is 6.23. The van der Waals surface area contributed by atoms with Gasteiger partial charge in [-0.1, -0.05) is 34.9 Å². The van der Waals surface area contributed by atoms with Gasteiger partial charge in [-0.05, 0) is 28.6 Å². The highest BCUT2D eigenvalue weighted by atomic mass is 35.5. The Morgan fingerprint density at radius 2 is 1.64 bits per heavy atom. The van der Waals surface area contributed by atoms with Crippen LogP contribution in [0, 0.1) is 0 Å². The van der Waals surface area contributed by atoms with E-state index in [0.29, 0.717) is 37.9 Å². The molecule has 3 heterocycles. The van der Waals surface area contributed by atoms with Crippen molar-refractivity contribution in [2.75, 3.05) is 36.0 Å². The molecule has 0 radical (unpaired) electrons. The molecule has 0 spiro atoms. The first-order valence-electron chi connectivity index (χ1n) is 8.50. The number of nitrogens with zero attached hydrogens (tertiary/aromatic N) is 7. The third-order valence-electron chi connectivity index (χ3n) is 4.46. The summed E-state index contributed by atoms with van der Waals surface area (Å²) in [5, 5.41) is 11.9. The highest BCUT2D eigenvalue weighted by Gasteiger charge is 2.32. The number of para-hydroxylation sites is 1. The highest BCUT2D eigenvalue weighted by Crippen LogP contribution is 2.33. The number of aromatic nitrogens is 5. The van der Waals surface area contributed by atoms with Crippen LogP contribution in [-0.2, 0) is 6.18 Å². The van der Waals surface area contributed by atoms with Gasteiger partial charge in [-0.15, -0.1) is 0 Å². The van der Waals surface area contributed by atoms with E-state index in [1.54, 1.807) is 4.68 Å². The Morgan fingerprint density at radius 1 is 0.964 bits per heavy atom. The number of tetrazole rings is 1. The van der Waals surface area contributed by atoms with E-state index in [-0.39, 0.29) is 5.02 Å². The summed E-state index contributed by atoms with van der Waals surface area (Å²) in [5.74, 6) is 0.953. The Balaban J connectivity index is 1.49. The van der Waals surface area contributed by atoms with Crippen molar-refractivity contribution in [1.29, 1.82) is 0 Å². The van der Waals surface area contributed by atoms with Gasteiger partial charge in [0.25, 0.3) is 0 Å². The second-order valence-corrected chi connectivity index (χ2v) is 6.63. The Hall–Kier alpha value is -2.88. The van der Waals surface area contributed by atoms with Gasteiger partial charge >= 0.3 is 6.18 Å². The summed E-state index contributed by atoms with van der Waals surface area (Å²) in [6.45, 7) is 2.21. The number of rotatable bonds is 3. The van der Waals surface area contributed by atoms with Crippen LogP contribution in [0.5, 0.6) is 0 Å². The maximum atomic E-state index is 12.8. The van der Waals surface area contributed by atoms with Crippen molar-refractivity contribution in [3.63, 3.8) is 0 Å². The molecule has 1 aliphatic rings. The molecule has 2 aromatic heterocycles. The number of benzene rings is 1. The molecule has 0 atom stereocenters. The van der Waals surface area contributed by atoms with E-state index >= 15 is 0 Å². The van der Waals surface area contributed by atoms with Gasteiger partial charge in [-0.3, -0.25) is 0 Å². The van der Waals surface area contributed by atoms with Gasteiger partial charge < -0.3 is 9.80 Å². The third kappa shape index (κ3) is 3.59. The third-order valence-corrected chi connectivity index (χ3v) is 4.74. The molecular weight excluding hydrogens is 395 g/mol. The topological polar surface area (TPSA) is 63.0 Å². The van der Waals surface area contributed by atoms with Crippen LogP contribution < -0.4 is 9.80 Å². The number of halogens is 4. The Bertz CT molecular complexity index is 953. The molecule has 1 fully saturated rings. The number of hydrogen-bond acceptors (Lipinski definition) is 6. The first-order chi connectivity index (χ1) is 13.4. The molecule has 1 saturated heterocycles. The molecular formula is C17H15ClF3N7. The Kier molecular flexibility index (Phi) is 4.80. The molecule has 146 valence electrons. The summed E-state index contributed by atoms with van der Waals surface area (Å²) >= 11 is 6.06. The van der Waals surface area contributed by atoms with Crippen molar-refractivity contribution in [1.82, 2.24) is 25.2 Å². The van der Waals surface area contributed by atoms with E-state index in [2.05, 4.69) is 20.5 Å². The number of alkyl halides is 3. The van der Waals surface area contributed by atoms with E-state index in [9.17, 15) is 13.2 Å². The summed E-state index contributed by atoms with van der Waals surface area (Å²) < 4.78 is 40.0. The molecule has 4 rings (SSSR count). The normalized spacial score (nSPS) is 15.1. The smallest absolute Gasteiger partial charge is 0.352 e. The number of anilines is 2. The first kappa shape index (κ1) is 18.5. The summed E-state index contributed by atoms with van der Waals surface area (Å²) in [6, 6.07) is 10.4. The molecule has 0 N–H and O–H groups in total. The predicted octanol–water partition coefficient (Wildman–Crippen LogP) is 3.06. The fourth-order valence-corrected chi connectivity index (χ4v) is 3.34. The molecule has 1 aromatic carbocycles. The molecule has 0 unspecified atom stereocenters. The lowest BCUT2D eigenvalue weighted by Crippen LogP contribution is -2.47. The molecule has 28 heavy (non-hydrogen) atoms. The van der Waals surface area contributed by atoms with Gasteiger partial charge in [0.15, 0.2) is 0 Å². The second kappa shape index (κ2) is 7.27.